The molecule has 0 heterocycles. The molecule has 6 heteroatoms. The lowest BCUT2D eigenvalue weighted by Crippen LogP contribution is -2.11. The number of hydrogen-bond acceptors (Lipinski definition) is 5. The fourth-order valence-corrected chi connectivity index (χ4v) is 3.71. The lowest BCUT2D eigenvalue weighted by molar-refractivity contribution is 0.0688. The average Bonchev–Trinajstić information content (AvgIpc) is 2.70. The zero-order valence-electron chi connectivity index (χ0n) is 15.5. The van der Waals surface area contributed by atoms with Gasteiger partial charge in [-0.3, -0.25) is 0 Å². The van der Waals surface area contributed by atoms with Gasteiger partial charge in [0.2, 0.25) is 0 Å². The van der Waals surface area contributed by atoms with E-state index in [0.29, 0.717) is 0 Å². The smallest absolute Gasteiger partial charge is 0.386 e. The van der Waals surface area contributed by atoms with Crippen molar-refractivity contribution in [3.63, 3.8) is 0 Å². The van der Waals surface area contributed by atoms with Crippen LogP contribution in [-0.2, 0) is 15.5 Å². The van der Waals surface area contributed by atoms with Crippen molar-refractivity contribution in [2.24, 2.45) is 0 Å². The summed E-state index contributed by atoms with van der Waals surface area (Å²) < 4.78 is 29.3. The minimum atomic E-state index is -4.26. The standard InChI is InChI=1S/C22H21O5P/c1-2-9-18-14-16-19(17-15-18)22(23)27-28(24,25-20-10-5-3-6-11-20)26-21-12-7-4-8-13-21/h3-8,10-17H,2,9H2,1H3. The molecule has 0 spiro atoms. The summed E-state index contributed by atoms with van der Waals surface area (Å²) in [5, 5.41) is 0. The molecule has 5 nitrogen and oxygen atoms in total. The maximum atomic E-state index is 13.2. The Kier molecular flexibility index (Phi) is 6.51. The van der Waals surface area contributed by atoms with Gasteiger partial charge in [0.15, 0.2) is 0 Å². The van der Waals surface area contributed by atoms with Gasteiger partial charge in [-0.05, 0) is 48.4 Å². The van der Waals surface area contributed by atoms with Gasteiger partial charge in [0.1, 0.15) is 11.5 Å². The van der Waals surface area contributed by atoms with E-state index < -0.39 is 13.8 Å². The zero-order chi connectivity index (χ0) is 19.8. The fraction of sp³-hybridized carbons (Fsp3) is 0.136. The largest absolute Gasteiger partial charge is 0.649 e. The van der Waals surface area contributed by atoms with Crippen molar-refractivity contribution in [3.05, 3.63) is 96.1 Å². The van der Waals surface area contributed by atoms with Gasteiger partial charge in [-0.15, -0.1) is 0 Å². The number of hydrogen-bond donors (Lipinski definition) is 0. The Morgan fingerprint density at radius 3 is 1.75 bits per heavy atom. The summed E-state index contributed by atoms with van der Waals surface area (Å²) in [5.74, 6) is -0.237. The second kappa shape index (κ2) is 9.25. The first-order chi connectivity index (χ1) is 13.6. The van der Waals surface area contributed by atoms with Crippen LogP contribution in [0.3, 0.4) is 0 Å². The van der Waals surface area contributed by atoms with E-state index in [2.05, 4.69) is 6.92 Å². The number of para-hydroxylation sites is 2. The van der Waals surface area contributed by atoms with Crippen molar-refractivity contribution in [1.29, 1.82) is 0 Å². The molecule has 3 aromatic rings. The van der Waals surface area contributed by atoms with E-state index >= 15 is 0 Å². The molecule has 0 atom stereocenters. The van der Waals surface area contributed by atoms with Gasteiger partial charge in [-0.1, -0.05) is 61.9 Å². The Morgan fingerprint density at radius 2 is 1.29 bits per heavy atom. The van der Waals surface area contributed by atoms with E-state index in [-0.39, 0.29) is 17.1 Å². The van der Waals surface area contributed by atoms with Crippen molar-refractivity contribution in [2.75, 3.05) is 0 Å². The van der Waals surface area contributed by atoms with Gasteiger partial charge in [0.25, 0.3) is 0 Å². The SMILES string of the molecule is CCCc1ccc(C(=O)OP(=O)(Oc2ccccc2)Oc2ccccc2)cc1. The van der Waals surface area contributed by atoms with Gasteiger partial charge in [0, 0.05) is 0 Å². The molecule has 0 aliphatic carbocycles. The van der Waals surface area contributed by atoms with E-state index in [1.807, 2.05) is 12.1 Å². The van der Waals surface area contributed by atoms with Crippen molar-refractivity contribution < 1.29 is 22.9 Å². The number of rotatable bonds is 8. The first-order valence-corrected chi connectivity index (χ1v) is 10.5. The van der Waals surface area contributed by atoms with Gasteiger partial charge >= 0.3 is 13.8 Å². The fourth-order valence-electron chi connectivity index (χ4n) is 2.53. The van der Waals surface area contributed by atoms with Crippen LogP contribution in [0, 0.1) is 0 Å². The summed E-state index contributed by atoms with van der Waals surface area (Å²) in [7, 11) is -4.26. The Hall–Kier alpha value is -3.04. The molecule has 0 saturated heterocycles. The van der Waals surface area contributed by atoms with E-state index in [0.717, 1.165) is 18.4 Å². The molecular formula is C22H21O5P. The first kappa shape index (κ1) is 19.7. The van der Waals surface area contributed by atoms with Crippen LogP contribution in [0.5, 0.6) is 11.5 Å². The predicted molar refractivity (Wildman–Crippen MR) is 108 cm³/mol. The van der Waals surface area contributed by atoms with Crippen LogP contribution in [0.1, 0.15) is 29.3 Å². The molecule has 28 heavy (non-hydrogen) atoms. The van der Waals surface area contributed by atoms with Crippen LogP contribution >= 0.6 is 7.82 Å². The van der Waals surface area contributed by atoms with Crippen LogP contribution in [0.4, 0.5) is 0 Å². The monoisotopic (exact) mass is 396 g/mol. The average molecular weight is 396 g/mol. The molecule has 0 unspecified atom stereocenters. The number of carbonyl (C=O) groups is 1. The zero-order valence-corrected chi connectivity index (χ0v) is 16.4. The van der Waals surface area contributed by atoms with Crippen LogP contribution < -0.4 is 9.05 Å². The third kappa shape index (κ3) is 5.48. The first-order valence-electron chi connectivity index (χ1n) is 9.00. The number of carbonyl (C=O) groups excluding carboxylic acids is 1. The topological polar surface area (TPSA) is 61.8 Å². The summed E-state index contributed by atoms with van der Waals surface area (Å²) in [6.45, 7) is 2.08. The number of benzene rings is 3. The quantitative estimate of drug-likeness (QED) is 0.433. The van der Waals surface area contributed by atoms with Crippen molar-refractivity contribution in [2.45, 2.75) is 19.8 Å². The van der Waals surface area contributed by atoms with Crippen molar-refractivity contribution in [1.82, 2.24) is 0 Å². The maximum Gasteiger partial charge on any atom is 0.649 e. The van der Waals surface area contributed by atoms with Crippen LogP contribution in [-0.4, -0.2) is 5.97 Å². The molecule has 0 aromatic heterocycles. The summed E-state index contributed by atoms with van der Waals surface area (Å²) in [6, 6.07) is 23.9. The summed E-state index contributed by atoms with van der Waals surface area (Å²) in [6.07, 6.45) is 1.93. The highest BCUT2D eigenvalue weighted by Crippen LogP contribution is 2.50. The number of phosphoric ester groups is 1. The summed E-state index contributed by atoms with van der Waals surface area (Å²) in [4.78, 5) is 12.6. The molecule has 0 saturated carbocycles. The molecule has 0 N–H and O–H groups in total. The van der Waals surface area contributed by atoms with Gasteiger partial charge < -0.3 is 13.6 Å². The maximum absolute atomic E-state index is 13.2. The minimum Gasteiger partial charge on any atom is -0.386 e. The van der Waals surface area contributed by atoms with Gasteiger partial charge in [0.05, 0.1) is 5.56 Å². The second-order valence-corrected chi connectivity index (χ2v) is 7.52. The van der Waals surface area contributed by atoms with Crippen molar-refractivity contribution >= 4 is 13.8 Å². The third-order valence-corrected chi connectivity index (χ3v) is 5.10. The molecule has 0 aliphatic heterocycles. The highest BCUT2D eigenvalue weighted by Gasteiger charge is 2.35. The Bertz CT molecular complexity index is 894. The van der Waals surface area contributed by atoms with E-state index in [4.69, 9.17) is 13.6 Å². The number of aryl methyl sites for hydroxylation is 1. The Labute approximate surface area is 164 Å². The molecule has 0 radical (unpaired) electrons. The Balaban J connectivity index is 1.81. The minimum absolute atomic E-state index is 0.271. The molecule has 0 amide bonds. The molecule has 0 fully saturated rings. The summed E-state index contributed by atoms with van der Waals surface area (Å²) in [5.41, 5.74) is 1.39. The Morgan fingerprint density at radius 1 is 0.786 bits per heavy atom. The van der Waals surface area contributed by atoms with Gasteiger partial charge in [-0.2, -0.15) is 4.57 Å². The second-order valence-electron chi connectivity index (χ2n) is 6.08. The lowest BCUT2D eigenvalue weighted by Gasteiger charge is -2.18. The molecule has 144 valence electrons. The highest BCUT2D eigenvalue weighted by atomic mass is 31.2. The van der Waals surface area contributed by atoms with E-state index in [1.165, 1.54) is 0 Å². The lowest BCUT2D eigenvalue weighted by atomic mass is 10.1. The molecule has 3 aromatic carbocycles. The van der Waals surface area contributed by atoms with E-state index in [9.17, 15) is 9.36 Å². The van der Waals surface area contributed by atoms with Crippen LogP contribution in [0.15, 0.2) is 84.9 Å². The third-order valence-electron chi connectivity index (χ3n) is 3.84. The molecule has 3 rings (SSSR count). The van der Waals surface area contributed by atoms with E-state index in [1.54, 1.807) is 72.8 Å². The highest BCUT2D eigenvalue weighted by molar-refractivity contribution is 7.50. The molecular weight excluding hydrogens is 375 g/mol. The number of phosphoric acid groups is 1. The van der Waals surface area contributed by atoms with Gasteiger partial charge in [-0.25, -0.2) is 4.79 Å². The summed E-state index contributed by atoms with van der Waals surface area (Å²) >= 11 is 0. The van der Waals surface area contributed by atoms with Crippen LogP contribution in [0.25, 0.3) is 0 Å². The predicted octanol–water partition coefficient (Wildman–Crippen LogP) is 6.06. The van der Waals surface area contributed by atoms with Crippen molar-refractivity contribution in [3.8, 4) is 11.5 Å². The molecule has 0 aliphatic rings. The normalized spacial score (nSPS) is 10.9. The molecule has 0 bridgehead atoms. The van der Waals surface area contributed by atoms with Crippen LogP contribution in [0.2, 0.25) is 0 Å².